The van der Waals surface area contributed by atoms with Gasteiger partial charge in [-0.3, -0.25) is 4.98 Å². The summed E-state index contributed by atoms with van der Waals surface area (Å²) < 4.78 is 0. The van der Waals surface area contributed by atoms with E-state index in [-0.39, 0.29) is 10.7 Å². The number of pyridine rings is 1. The van der Waals surface area contributed by atoms with Gasteiger partial charge in [0.2, 0.25) is 0 Å². The zero-order chi connectivity index (χ0) is 9.84. The van der Waals surface area contributed by atoms with Crippen LogP contribution in [0.15, 0.2) is 18.3 Å². The predicted octanol–water partition coefficient (Wildman–Crippen LogP) is 0.653. The highest BCUT2D eigenvalue weighted by Gasteiger charge is 2.21. The third kappa shape index (κ3) is 2.16. The molecular formula is C8H7ClN2O2. The third-order valence-corrected chi connectivity index (χ3v) is 1.82. The highest BCUT2D eigenvalue weighted by Crippen LogP contribution is 2.22. The van der Waals surface area contributed by atoms with E-state index in [2.05, 4.69) is 4.98 Å². The summed E-state index contributed by atoms with van der Waals surface area (Å²) in [6.45, 7) is 0. The van der Waals surface area contributed by atoms with E-state index in [4.69, 9.17) is 22.0 Å². The number of halogens is 1. The summed E-state index contributed by atoms with van der Waals surface area (Å²) in [6, 6.07) is 4.62. The molecule has 2 atom stereocenters. The lowest BCUT2D eigenvalue weighted by molar-refractivity contribution is 0.0499. The van der Waals surface area contributed by atoms with Crippen molar-refractivity contribution in [1.29, 1.82) is 5.26 Å². The lowest BCUT2D eigenvalue weighted by Gasteiger charge is -2.11. The Morgan fingerprint density at radius 1 is 1.54 bits per heavy atom. The second kappa shape index (κ2) is 4.19. The third-order valence-electron chi connectivity index (χ3n) is 1.50. The van der Waals surface area contributed by atoms with Gasteiger partial charge in [-0.15, -0.1) is 0 Å². The number of nitriles is 1. The molecule has 0 spiro atoms. The zero-order valence-electron chi connectivity index (χ0n) is 6.55. The summed E-state index contributed by atoms with van der Waals surface area (Å²) in [5.41, 5.74) is 0.109. The molecule has 0 amide bonds. The number of aliphatic hydroxyl groups excluding tert-OH is 2. The van der Waals surface area contributed by atoms with Crippen molar-refractivity contribution in [3.05, 3.63) is 29.0 Å². The average molecular weight is 199 g/mol. The molecule has 0 aliphatic rings. The molecule has 2 N–H and O–H groups in total. The molecule has 0 aliphatic carbocycles. The van der Waals surface area contributed by atoms with Gasteiger partial charge in [-0.25, -0.2) is 0 Å². The molecule has 0 saturated heterocycles. The van der Waals surface area contributed by atoms with Gasteiger partial charge in [-0.05, 0) is 12.1 Å². The number of rotatable bonds is 2. The molecule has 0 radical (unpaired) electrons. The van der Waals surface area contributed by atoms with Gasteiger partial charge in [0, 0.05) is 6.20 Å². The lowest BCUT2D eigenvalue weighted by Crippen LogP contribution is -2.17. The number of nitrogens with zero attached hydrogens (tertiary/aromatic N) is 2. The first-order valence-electron chi connectivity index (χ1n) is 3.53. The lowest BCUT2D eigenvalue weighted by atomic mass is 10.1. The molecule has 4 nitrogen and oxygen atoms in total. The Kier molecular flexibility index (Phi) is 3.20. The molecule has 1 heterocycles. The summed E-state index contributed by atoms with van der Waals surface area (Å²) >= 11 is 5.68. The number of aliphatic hydroxyl groups is 2. The van der Waals surface area contributed by atoms with E-state index >= 15 is 0 Å². The number of hydrogen-bond donors (Lipinski definition) is 2. The van der Waals surface area contributed by atoms with E-state index in [1.807, 2.05) is 0 Å². The predicted molar refractivity (Wildman–Crippen MR) is 45.8 cm³/mol. The standard InChI is InChI=1S/C8H7ClN2O2/c9-5-2-1-3-11-7(5)8(13)6(12)4-10/h1-3,6,8,12-13H. The topological polar surface area (TPSA) is 77.1 Å². The fraction of sp³-hybridized carbons (Fsp3) is 0.250. The van der Waals surface area contributed by atoms with Crippen LogP contribution in [-0.2, 0) is 0 Å². The van der Waals surface area contributed by atoms with Gasteiger partial charge in [0.15, 0.2) is 6.10 Å². The van der Waals surface area contributed by atoms with Crippen molar-refractivity contribution in [2.24, 2.45) is 0 Å². The van der Waals surface area contributed by atoms with E-state index in [0.29, 0.717) is 0 Å². The van der Waals surface area contributed by atoms with Crippen LogP contribution in [0, 0.1) is 11.3 Å². The summed E-state index contributed by atoms with van der Waals surface area (Å²) in [6.07, 6.45) is -1.44. The first kappa shape index (κ1) is 9.93. The van der Waals surface area contributed by atoms with Crippen molar-refractivity contribution >= 4 is 11.6 Å². The molecule has 13 heavy (non-hydrogen) atoms. The summed E-state index contributed by atoms with van der Waals surface area (Å²) in [4.78, 5) is 3.75. The Hall–Kier alpha value is -1.15. The molecule has 0 bridgehead atoms. The molecule has 1 rings (SSSR count). The second-order valence-electron chi connectivity index (χ2n) is 2.39. The molecule has 5 heteroatoms. The molecule has 0 fully saturated rings. The second-order valence-corrected chi connectivity index (χ2v) is 2.80. The molecule has 0 aliphatic heterocycles. The van der Waals surface area contributed by atoms with Crippen molar-refractivity contribution in [3.8, 4) is 6.07 Å². The van der Waals surface area contributed by atoms with E-state index < -0.39 is 12.2 Å². The SMILES string of the molecule is N#CC(O)C(O)c1ncccc1Cl. The van der Waals surface area contributed by atoms with Gasteiger partial charge >= 0.3 is 0 Å². The minimum atomic E-state index is -1.51. The molecule has 0 saturated carbocycles. The quantitative estimate of drug-likeness (QED) is 0.685. The Labute approximate surface area is 80.0 Å². The van der Waals surface area contributed by atoms with Crippen LogP contribution in [0.1, 0.15) is 11.8 Å². The maximum absolute atomic E-state index is 9.35. The molecule has 68 valence electrons. The minimum Gasteiger partial charge on any atom is -0.383 e. The molecule has 0 aromatic carbocycles. The van der Waals surface area contributed by atoms with Crippen molar-refractivity contribution in [2.45, 2.75) is 12.2 Å². The Balaban J connectivity index is 2.96. The largest absolute Gasteiger partial charge is 0.383 e. The van der Waals surface area contributed by atoms with E-state index in [1.165, 1.54) is 18.3 Å². The van der Waals surface area contributed by atoms with E-state index in [0.717, 1.165) is 0 Å². The van der Waals surface area contributed by atoms with Crippen molar-refractivity contribution in [1.82, 2.24) is 4.98 Å². The average Bonchev–Trinajstić information content (AvgIpc) is 2.16. The molecule has 1 aromatic rings. The van der Waals surface area contributed by atoms with Crippen LogP contribution >= 0.6 is 11.6 Å². The summed E-state index contributed by atoms with van der Waals surface area (Å²) in [5.74, 6) is 0. The molecular weight excluding hydrogens is 192 g/mol. The Morgan fingerprint density at radius 3 is 2.77 bits per heavy atom. The maximum atomic E-state index is 9.35. The van der Waals surface area contributed by atoms with Gasteiger partial charge < -0.3 is 10.2 Å². The van der Waals surface area contributed by atoms with Crippen molar-refractivity contribution < 1.29 is 10.2 Å². The van der Waals surface area contributed by atoms with Gasteiger partial charge in [0.05, 0.1) is 16.8 Å². The Bertz CT molecular complexity index is 337. The van der Waals surface area contributed by atoms with Crippen LogP contribution in [0.25, 0.3) is 0 Å². The van der Waals surface area contributed by atoms with Gasteiger partial charge in [0.1, 0.15) is 6.10 Å². The molecule has 2 unspecified atom stereocenters. The van der Waals surface area contributed by atoms with Gasteiger partial charge in [-0.2, -0.15) is 5.26 Å². The monoisotopic (exact) mass is 198 g/mol. The minimum absolute atomic E-state index is 0.109. The van der Waals surface area contributed by atoms with Crippen LogP contribution in [-0.4, -0.2) is 21.3 Å². The van der Waals surface area contributed by atoms with Gasteiger partial charge in [-0.1, -0.05) is 11.6 Å². The maximum Gasteiger partial charge on any atom is 0.172 e. The van der Waals surface area contributed by atoms with E-state index in [9.17, 15) is 5.11 Å². The Morgan fingerprint density at radius 2 is 2.23 bits per heavy atom. The highest BCUT2D eigenvalue weighted by molar-refractivity contribution is 6.31. The summed E-state index contributed by atoms with van der Waals surface area (Å²) in [7, 11) is 0. The van der Waals surface area contributed by atoms with Crippen LogP contribution in [0.4, 0.5) is 0 Å². The fourth-order valence-electron chi connectivity index (χ4n) is 0.836. The zero-order valence-corrected chi connectivity index (χ0v) is 7.31. The first-order valence-corrected chi connectivity index (χ1v) is 3.90. The fourth-order valence-corrected chi connectivity index (χ4v) is 1.07. The normalized spacial score (nSPS) is 14.6. The number of aromatic nitrogens is 1. The van der Waals surface area contributed by atoms with Crippen LogP contribution in [0.5, 0.6) is 0 Å². The summed E-state index contributed by atoms with van der Waals surface area (Å²) in [5, 5.41) is 26.9. The molecule has 1 aromatic heterocycles. The van der Waals surface area contributed by atoms with Crippen LogP contribution in [0.3, 0.4) is 0 Å². The first-order chi connectivity index (χ1) is 6.16. The smallest absolute Gasteiger partial charge is 0.172 e. The van der Waals surface area contributed by atoms with Gasteiger partial charge in [0.25, 0.3) is 0 Å². The highest BCUT2D eigenvalue weighted by atomic mass is 35.5. The van der Waals surface area contributed by atoms with Crippen molar-refractivity contribution in [2.75, 3.05) is 0 Å². The number of hydrogen-bond acceptors (Lipinski definition) is 4. The van der Waals surface area contributed by atoms with Crippen LogP contribution in [0.2, 0.25) is 5.02 Å². The van der Waals surface area contributed by atoms with E-state index in [1.54, 1.807) is 6.07 Å². The van der Waals surface area contributed by atoms with Crippen molar-refractivity contribution in [3.63, 3.8) is 0 Å². The van der Waals surface area contributed by atoms with Crippen LogP contribution < -0.4 is 0 Å².